The van der Waals surface area contributed by atoms with E-state index in [4.69, 9.17) is 5.10 Å². The summed E-state index contributed by atoms with van der Waals surface area (Å²) in [6.07, 6.45) is 2.21. The van der Waals surface area contributed by atoms with E-state index in [0.717, 1.165) is 38.7 Å². The molecule has 2 unspecified atom stereocenters. The van der Waals surface area contributed by atoms with Crippen molar-refractivity contribution in [2.24, 2.45) is 5.92 Å². The molecule has 0 radical (unpaired) electrons. The molecule has 4 rings (SSSR count). The fourth-order valence-corrected chi connectivity index (χ4v) is 4.39. The summed E-state index contributed by atoms with van der Waals surface area (Å²) < 4.78 is 2.87. The number of nitrogens with zero attached hydrogens (tertiary/aromatic N) is 4. The van der Waals surface area contributed by atoms with Gasteiger partial charge >= 0.3 is 0 Å². The third-order valence-electron chi connectivity index (χ3n) is 4.13. The minimum Gasteiger partial charge on any atom is -0.254 e. The van der Waals surface area contributed by atoms with E-state index in [2.05, 4.69) is 50.8 Å². The lowest BCUT2D eigenvalue weighted by Gasteiger charge is -2.10. The molecule has 6 nitrogen and oxygen atoms in total. The number of nitrogens with one attached hydrogen (secondary N) is 2. The first-order chi connectivity index (χ1) is 11.6. The normalized spacial score (nSPS) is 21.2. The molecule has 1 aliphatic rings. The first kappa shape index (κ1) is 16.1. The maximum Gasteiger partial charge on any atom is 0.235 e. The van der Waals surface area contributed by atoms with Gasteiger partial charge in [0.2, 0.25) is 4.96 Å². The summed E-state index contributed by atoms with van der Waals surface area (Å²) in [6.45, 7) is 4.50. The number of hydrazine groups is 1. The number of hydrogen-bond donors (Lipinski definition) is 2. The summed E-state index contributed by atoms with van der Waals surface area (Å²) in [5.41, 5.74) is 7.77. The molecular formula is C16H19BrN6S. The number of rotatable bonds is 4. The predicted molar refractivity (Wildman–Crippen MR) is 98.7 cm³/mol. The summed E-state index contributed by atoms with van der Waals surface area (Å²) >= 11 is 5.10. The maximum atomic E-state index is 4.77. The topological polar surface area (TPSA) is 67.1 Å². The van der Waals surface area contributed by atoms with Crippen LogP contribution in [0.1, 0.15) is 37.7 Å². The fraction of sp³-hybridized carbons (Fsp3) is 0.438. The van der Waals surface area contributed by atoms with Crippen molar-refractivity contribution in [1.29, 1.82) is 0 Å². The van der Waals surface area contributed by atoms with E-state index in [9.17, 15) is 0 Å². The lowest BCUT2D eigenvalue weighted by molar-refractivity contribution is 0.446. The van der Waals surface area contributed by atoms with Gasteiger partial charge in [-0.15, -0.1) is 10.2 Å². The van der Waals surface area contributed by atoms with Crippen LogP contribution in [0, 0.1) is 5.92 Å². The van der Waals surface area contributed by atoms with Gasteiger partial charge in [-0.1, -0.05) is 53.2 Å². The smallest absolute Gasteiger partial charge is 0.235 e. The predicted octanol–water partition coefficient (Wildman–Crippen LogP) is 3.57. The highest BCUT2D eigenvalue weighted by Crippen LogP contribution is 2.30. The van der Waals surface area contributed by atoms with E-state index in [0.29, 0.717) is 12.0 Å². The summed E-state index contributed by atoms with van der Waals surface area (Å²) in [6, 6.07) is 8.77. The van der Waals surface area contributed by atoms with E-state index in [-0.39, 0.29) is 6.04 Å². The number of benzene rings is 1. The Hall–Kier alpha value is -1.35. The second-order valence-electron chi connectivity index (χ2n) is 6.57. The monoisotopic (exact) mass is 406 g/mol. The second-order valence-corrected chi connectivity index (χ2v) is 8.48. The SMILES string of the molecule is CC(C)CC1CC(c2nn3c(-c4cccc(Br)c4)nnc3s2)NN1. The molecule has 3 aromatic rings. The van der Waals surface area contributed by atoms with Gasteiger partial charge in [0.25, 0.3) is 0 Å². The zero-order chi connectivity index (χ0) is 16.7. The van der Waals surface area contributed by atoms with Crippen molar-refractivity contribution in [3.05, 3.63) is 33.7 Å². The molecule has 1 fully saturated rings. The molecule has 0 spiro atoms. The first-order valence-electron chi connectivity index (χ1n) is 8.09. The van der Waals surface area contributed by atoms with Gasteiger partial charge in [-0.05, 0) is 30.9 Å². The first-order valence-corrected chi connectivity index (χ1v) is 9.70. The third kappa shape index (κ3) is 3.11. The van der Waals surface area contributed by atoms with E-state index in [1.807, 2.05) is 28.8 Å². The van der Waals surface area contributed by atoms with Crippen molar-refractivity contribution < 1.29 is 0 Å². The van der Waals surface area contributed by atoms with Crippen LogP contribution in [0.4, 0.5) is 0 Å². The fourth-order valence-electron chi connectivity index (χ4n) is 3.09. The van der Waals surface area contributed by atoms with Crippen molar-refractivity contribution >= 4 is 32.2 Å². The maximum absolute atomic E-state index is 4.77. The van der Waals surface area contributed by atoms with Gasteiger partial charge in [0, 0.05) is 16.1 Å². The molecular weight excluding hydrogens is 388 g/mol. The van der Waals surface area contributed by atoms with Crippen LogP contribution in [0.15, 0.2) is 28.7 Å². The number of fused-ring (bicyclic) bond motifs is 1. The van der Waals surface area contributed by atoms with Crippen LogP contribution in [0.5, 0.6) is 0 Å². The summed E-state index contributed by atoms with van der Waals surface area (Å²) in [5.74, 6) is 1.46. The van der Waals surface area contributed by atoms with Gasteiger partial charge in [-0.3, -0.25) is 5.43 Å². The third-order valence-corrected chi connectivity index (χ3v) is 5.63. The van der Waals surface area contributed by atoms with Gasteiger partial charge in [0.15, 0.2) is 5.82 Å². The molecule has 0 saturated carbocycles. The van der Waals surface area contributed by atoms with E-state index >= 15 is 0 Å². The highest BCUT2D eigenvalue weighted by molar-refractivity contribution is 9.10. The molecule has 0 aliphatic carbocycles. The molecule has 126 valence electrons. The molecule has 1 saturated heterocycles. The van der Waals surface area contributed by atoms with Crippen molar-refractivity contribution in [2.75, 3.05) is 0 Å². The van der Waals surface area contributed by atoms with Gasteiger partial charge < -0.3 is 0 Å². The van der Waals surface area contributed by atoms with Crippen LogP contribution < -0.4 is 10.9 Å². The van der Waals surface area contributed by atoms with Crippen molar-refractivity contribution in [2.45, 2.75) is 38.8 Å². The van der Waals surface area contributed by atoms with Crippen molar-refractivity contribution in [1.82, 2.24) is 30.7 Å². The summed E-state index contributed by atoms with van der Waals surface area (Å²) in [5, 5.41) is 14.4. The van der Waals surface area contributed by atoms with Crippen LogP contribution in [-0.4, -0.2) is 25.9 Å². The molecule has 1 aliphatic heterocycles. The molecule has 8 heteroatoms. The molecule has 0 amide bonds. The van der Waals surface area contributed by atoms with E-state index in [1.165, 1.54) is 0 Å². The largest absolute Gasteiger partial charge is 0.254 e. The van der Waals surface area contributed by atoms with E-state index in [1.54, 1.807) is 11.3 Å². The van der Waals surface area contributed by atoms with Crippen LogP contribution in [0.3, 0.4) is 0 Å². The van der Waals surface area contributed by atoms with Crippen molar-refractivity contribution in [3.8, 4) is 11.4 Å². The van der Waals surface area contributed by atoms with Gasteiger partial charge in [-0.2, -0.15) is 9.61 Å². The zero-order valence-electron chi connectivity index (χ0n) is 13.5. The molecule has 0 bridgehead atoms. The Morgan fingerprint density at radius 1 is 1.33 bits per heavy atom. The van der Waals surface area contributed by atoms with Crippen LogP contribution in [0.25, 0.3) is 16.3 Å². The Balaban J connectivity index is 1.61. The van der Waals surface area contributed by atoms with Crippen LogP contribution in [0.2, 0.25) is 0 Å². The average Bonchev–Trinajstić information content (AvgIpc) is 3.20. The lowest BCUT2D eigenvalue weighted by atomic mass is 10.0. The average molecular weight is 407 g/mol. The summed E-state index contributed by atoms with van der Waals surface area (Å²) in [4.78, 5) is 0.828. The zero-order valence-corrected chi connectivity index (χ0v) is 15.9. The Morgan fingerprint density at radius 3 is 3.00 bits per heavy atom. The molecule has 2 aromatic heterocycles. The van der Waals surface area contributed by atoms with Gasteiger partial charge in [-0.25, -0.2) is 5.43 Å². The molecule has 2 N–H and O–H groups in total. The highest BCUT2D eigenvalue weighted by atomic mass is 79.9. The Morgan fingerprint density at radius 2 is 2.21 bits per heavy atom. The molecule has 2 atom stereocenters. The molecule has 24 heavy (non-hydrogen) atoms. The highest BCUT2D eigenvalue weighted by Gasteiger charge is 2.28. The number of hydrogen-bond acceptors (Lipinski definition) is 6. The Kier molecular flexibility index (Phi) is 4.38. The number of halogens is 1. The summed E-state index contributed by atoms with van der Waals surface area (Å²) in [7, 11) is 0. The minimum absolute atomic E-state index is 0.232. The van der Waals surface area contributed by atoms with Crippen molar-refractivity contribution in [3.63, 3.8) is 0 Å². The van der Waals surface area contributed by atoms with E-state index < -0.39 is 0 Å². The Bertz CT molecular complexity index is 857. The lowest BCUT2D eigenvalue weighted by Crippen LogP contribution is -2.31. The number of aromatic nitrogens is 4. The standard InChI is InChI=1S/C16H19BrN6S/c1-9(2)6-12-8-13(19-18-12)15-22-23-14(20-21-16(23)24-15)10-4-3-5-11(17)7-10/h3-5,7,9,12-13,18-19H,6,8H2,1-2H3. The van der Waals surface area contributed by atoms with Crippen LogP contribution in [-0.2, 0) is 0 Å². The van der Waals surface area contributed by atoms with Gasteiger partial charge in [0.1, 0.15) is 5.01 Å². The second kappa shape index (κ2) is 6.51. The van der Waals surface area contributed by atoms with Crippen LogP contribution >= 0.6 is 27.3 Å². The molecule has 3 heterocycles. The minimum atomic E-state index is 0.232. The Labute approximate surface area is 152 Å². The van der Waals surface area contributed by atoms with Gasteiger partial charge in [0.05, 0.1) is 6.04 Å². The molecule has 1 aromatic carbocycles. The quantitative estimate of drug-likeness (QED) is 0.692.